The summed E-state index contributed by atoms with van der Waals surface area (Å²) in [5.41, 5.74) is -1.65. The molecule has 0 aliphatic heterocycles. The predicted molar refractivity (Wildman–Crippen MR) is 89.7 cm³/mol. The van der Waals surface area contributed by atoms with Crippen molar-refractivity contribution >= 4 is 10.8 Å². The molecule has 0 fully saturated rings. The number of aromatic amines is 1. The number of aryl methyl sites for hydroxylation is 1. The second kappa shape index (κ2) is 6.04. The molecule has 1 aromatic carbocycles. The highest BCUT2D eigenvalue weighted by Gasteiger charge is 2.38. The molecule has 1 unspecified atom stereocenters. The van der Waals surface area contributed by atoms with Crippen LogP contribution in [-0.2, 0) is 6.42 Å². The molecule has 0 spiro atoms. The van der Waals surface area contributed by atoms with Gasteiger partial charge in [-0.05, 0) is 18.9 Å². The molecule has 0 saturated carbocycles. The summed E-state index contributed by atoms with van der Waals surface area (Å²) in [6.45, 7) is 0. The van der Waals surface area contributed by atoms with E-state index in [9.17, 15) is 27.2 Å². The van der Waals surface area contributed by atoms with Crippen molar-refractivity contribution in [1.29, 1.82) is 0 Å². The van der Waals surface area contributed by atoms with Crippen molar-refractivity contribution in [1.82, 2.24) is 14.5 Å². The fourth-order valence-corrected chi connectivity index (χ4v) is 3.72. The average Bonchev–Trinajstić information content (AvgIpc) is 2.96. The summed E-state index contributed by atoms with van der Waals surface area (Å²) < 4.78 is 53.6. The number of pyridine rings is 1. The highest BCUT2D eigenvalue weighted by Crippen LogP contribution is 2.38. The molecule has 0 bridgehead atoms. The minimum atomic E-state index is -4.44. The van der Waals surface area contributed by atoms with Gasteiger partial charge in [0.05, 0.1) is 18.3 Å². The minimum absolute atomic E-state index is 0.00502. The van der Waals surface area contributed by atoms with Gasteiger partial charge >= 0.3 is 11.9 Å². The number of H-pyrrole nitrogens is 1. The van der Waals surface area contributed by atoms with Crippen molar-refractivity contribution in [3.8, 4) is 5.69 Å². The Morgan fingerprint density at radius 2 is 2.00 bits per heavy atom. The Morgan fingerprint density at radius 1 is 1.22 bits per heavy atom. The number of fused-ring (bicyclic) bond motifs is 2. The zero-order chi connectivity index (χ0) is 19.3. The first kappa shape index (κ1) is 17.4. The van der Waals surface area contributed by atoms with Gasteiger partial charge in [0.1, 0.15) is 5.82 Å². The summed E-state index contributed by atoms with van der Waals surface area (Å²) in [5.74, 6) is -1.70. The maximum Gasteiger partial charge on any atom is 0.389 e. The van der Waals surface area contributed by atoms with E-state index in [1.807, 2.05) is 0 Å². The lowest BCUT2D eigenvalue weighted by Gasteiger charge is -2.15. The van der Waals surface area contributed by atoms with Crippen molar-refractivity contribution in [2.24, 2.45) is 0 Å². The molecule has 0 saturated heterocycles. The first-order valence-electron chi connectivity index (χ1n) is 8.24. The van der Waals surface area contributed by atoms with Gasteiger partial charge in [0, 0.05) is 34.1 Å². The van der Waals surface area contributed by atoms with Crippen LogP contribution in [0, 0.1) is 5.82 Å². The lowest BCUT2D eigenvalue weighted by atomic mass is 9.99. The summed E-state index contributed by atoms with van der Waals surface area (Å²) in [4.78, 5) is 31.9. The third-order valence-corrected chi connectivity index (χ3v) is 4.80. The van der Waals surface area contributed by atoms with Gasteiger partial charge in [0.2, 0.25) is 0 Å². The van der Waals surface area contributed by atoms with Crippen LogP contribution in [-0.4, -0.2) is 20.7 Å². The molecular weight excluding hydrogens is 366 g/mol. The van der Waals surface area contributed by atoms with E-state index in [-0.39, 0.29) is 35.2 Å². The van der Waals surface area contributed by atoms with Crippen LogP contribution >= 0.6 is 0 Å². The van der Waals surface area contributed by atoms with Gasteiger partial charge in [-0.1, -0.05) is 12.1 Å². The molecule has 2 heterocycles. The third kappa shape index (κ3) is 2.92. The van der Waals surface area contributed by atoms with Crippen molar-refractivity contribution in [3.05, 3.63) is 68.5 Å². The standard InChI is InChI=1S/C18H13F4N3O2/c19-11-3-1-2-10-7-23-8-13(14(10)11)25-16(26)15-9(6-18(20,21)22)4-5-12(15)24-17(25)27/h1-3,7-9H,4-6H2,(H,24,27). The van der Waals surface area contributed by atoms with E-state index in [0.717, 1.165) is 6.20 Å². The maximum atomic E-state index is 14.4. The monoisotopic (exact) mass is 379 g/mol. The molecule has 140 valence electrons. The molecule has 2 aromatic heterocycles. The Labute approximate surface area is 149 Å². The minimum Gasteiger partial charge on any atom is -0.310 e. The summed E-state index contributed by atoms with van der Waals surface area (Å²) in [7, 11) is 0. The molecule has 0 amide bonds. The van der Waals surface area contributed by atoms with Crippen LogP contribution in [0.3, 0.4) is 0 Å². The number of alkyl halides is 3. The lowest BCUT2D eigenvalue weighted by Crippen LogP contribution is -2.37. The van der Waals surface area contributed by atoms with E-state index in [2.05, 4.69) is 9.97 Å². The quantitative estimate of drug-likeness (QED) is 0.696. The Kier molecular flexibility index (Phi) is 3.90. The van der Waals surface area contributed by atoms with Gasteiger partial charge in [-0.15, -0.1) is 0 Å². The van der Waals surface area contributed by atoms with Gasteiger partial charge in [0.25, 0.3) is 5.56 Å². The van der Waals surface area contributed by atoms with Crippen molar-refractivity contribution in [3.63, 3.8) is 0 Å². The van der Waals surface area contributed by atoms with Crippen LogP contribution in [0.1, 0.15) is 30.0 Å². The number of halogens is 4. The normalized spacial score (nSPS) is 16.7. The average molecular weight is 379 g/mol. The van der Waals surface area contributed by atoms with E-state index in [4.69, 9.17) is 0 Å². The second-order valence-corrected chi connectivity index (χ2v) is 6.51. The second-order valence-electron chi connectivity index (χ2n) is 6.51. The van der Waals surface area contributed by atoms with Crippen LogP contribution in [0.5, 0.6) is 0 Å². The molecule has 27 heavy (non-hydrogen) atoms. The Morgan fingerprint density at radius 3 is 2.74 bits per heavy atom. The van der Waals surface area contributed by atoms with Crippen LogP contribution in [0.4, 0.5) is 17.6 Å². The fraction of sp³-hybridized carbons (Fsp3) is 0.278. The van der Waals surface area contributed by atoms with Crippen LogP contribution < -0.4 is 11.2 Å². The molecule has 1 N–H and O–H groups in total. The largest absolute Gasteiger partial charge is 0.389 e. The zero-order valence-electron chi connectivity index (χ0n) is 13.8. The number of hydrogen-bond donors (Lipinski definition) is 1. The van der Waals surface area contributed by atoms with Gasteiger partial charge < -0.3 is 4.98 Å². The van der Waals surface area contributed by atoms with Gasteiger partial charge in [-0.2, -0.15) is 13.2 Å². The summed E-state index contributed by atoms with van der Waals surface area (Å²) in [6, 6.07) is 4.19. The highest BCUT2D eigenvalue weighted by molar-refractivity contribution is 5.89. The van der Waals surface area contributed by atoms with E-state index in [1.54, 1.807) is 6.07 Å². The van der Waals surface area contributed by atoms with Crippen molar-refractivity contribution in [2.75, 3.05) is 0 Å². The number of nitrogens with one attached hydrogen (secondary N) is 1. The summed E-state index contributed by atoms with van der Waals surface area (Å²) in [6.07, 6.45) is -2.75. The van der Waals surface area contributed by atoms with Crippen LogP contribution in [0.2, 0.25) is 0 Å². The molecule has 5 nitrogen and oxygen atoms in total. The van der Waals surface area contributed by atoms with E-state index < -0.39 is 35.6 Å². The molecule has 3 aromatic rings. The van der Waals surface area contributed by atoms with E-state index in [0.29, 0.717) is 9.95 Å². The lowest BCUT2D eigenvalue weighted by molar-refractivity contribution is -0.138. The SMILES string of the molecule is O=c1[nH]c2c(c(=O)n1-c1cncc3cccc(F)c13)C(CC(F)(F)F)CC2. The van der Waals surface area contributed by atoms with Crippen LogP contribution in [0.25, 0.3) is 16.5 Å². The summed E-state index contributed by atoms with van der Waals surface area (Å²) in [5, 5.41) is 0.372. The number of aromatic nitrogens is 3. The zero-order valence-corrected chi connectivity index (χ0v) is 13.8. The Hall–Kier alpha value is -2.97. The highest BCUT2D eigenvalue weighted by atomic mass is 19.4. The number of benzene rings is 1. The summed E-state index contributed by atoms with van der Waals surface area (Å²) >= 11 is 0. The number of rotatable bonds is 2. The first-order valence-corrected chi connectivity index (χ1v) is 8.24. The molecule has 0 radical (unpaired) electrons. The molecule has 1 aliphatic carbocycles. The molecule has 4 rings (SSSR count). The molecule has 1 atom stereocenters. The van der Waals surface area contributed by atoms with Gasteiger partial charge in [0.15, 0.2) is 0 Å². The van der Waals surface area contributed by atoms with Crippen LogP contribution in [0.15, 0.2) is 40.2 Å². The molecule has 9 heteroatoms. The fourth-order valence-electron chi connectivity index (χ4n) is 3.72. The maximum absolute atomic E-state index is 14.4. The predicted octanol–water partition coefficient (Wildman–Crippen LogP) is 3.20. The van der Waals surface area contributed by atoms with E-state index in [1.165, 1.54) is 18.3 Å². The first-order chi connectivity index (χ1) is 12.8. The van der Waals surface area contributed by atoms with Gasteiger partial charge in [-0.3, -0.25) is 9.78 Å². The topological polar surface area (TPSA) is 67.8 Å². The Balaban J connectivity index is 1.99. The van der Waals surface area contributed by atoms with Crippen molar-refractivity contribution in [2.45, 2.75) is 31.4 Å². The van der Waals surface area contributed by atoms with Gasteiger partial charge in [-0.25, -0.2) is 13.8 Å². The molecular formula is C18H13F4N3O2. The van der Waals surface area contributed by atoms with Crippen molar-refractivity contribution < 1.29 is 17.6 Å². The van der Waals surface area contributed by atoms with E-state index >= 15 is 0 Å². The third-order valence-electron chi connectivity index (χ3n) is 4.80. The number of hydrogen-bond acceptors (Lipinski definition) is 3. The Bertz CT molecular complexity index is 1160. The number of nitrogens with zero attached hydrogens (tertiary/aromatic N) is 2. The smallest absolute Gasteiger partial charge is 0.310 e. The molecule has 1 aliphatic rings.